The van der Waals surface area contributed by atoms with Gasteiger partial charge in [0.1, 0.15) is 6.04 Å². The fraction of sp³-hybridized carbons (Fsp3) is 0.818. The molecule has 0 heterocycles. The lowest BCUT2D eigenvalue weighted by molar-refractivity contribution is -0.143. The first kappa shape index (κ1) is 12.0. The summed E-state index contributed by atoms with van der Waals surface area (Å²) in [6.45, 7) is 1.72. The molecule has 15 heavy (non-hydrogen) atoms. The van der Waals surface area contributed by atoms with Gasteiger partial charge in [0, 0.05) is 14.2 Å². The standard InChI is InChI=1S/C11H18N2O2/c1-9(8-12)13(2)10(14)7-11(15-3)5-4-6-11/h9H,4-7H2,1-3H3. The Bertz CT molecular complexity index is 273. The van der Waals surface area contributed by atoms with Crippen LogP contribution in [0.4, 0.5) is 0 Å². The lowest BCUT2D eigenvalue weighted by atomic mass is 9.77. The predicted molar refractivity (Wildman–Crippen MR) is 56.1 cm³/mol. The Hall–Kier alpha value is -1.08. The number of carbonyl (C=O) groups is 1. The highest BCUT2D eigenvalue weighted by Gasteiger charge is 2.40. The number of amides is 1. The summed E-state index contributed by atoms with van der Waals surface area (Å²) in [6.07, 6.45) is 3.42. The molecule has 4 nitrogen and oxygen atoms in total. The minimum atomic E-state index is -0.369. The van der Waals surface area contributed by atoms with Crippen LogP contribution in [-0.4, -0.2) is 36.6 Å². The Kier molecular flexibility index (Phi) is 3.70. The molecule has 0 aliphatic heterocycles. The van der Waals surface area contributed by atoms with Crippen molar-refractivity contribution < 1.29 is 9.53 Å². The fourth-order valence-electron chi connectivity index (χ4n) is 1.73. The molecule has 1 rings (SSSR count). The van der Waals surface area contributed by atoms with Crippen LogP contribution in [0.25, 0.3) is 0 Å². The molecular formula is C11H18N2O2. The second kappa shape index (κ2) is 4.63. The van der Waals surface area contributed by atoms with Gasteiger partial charge >= 0.3 is 0 Å². The summed E-state index contributed by atoms with van der Waals surface area (Å²) in [7, 11) is 3.32. The van der Waals surface area contributed by atoms with Crippen molar-refractivity contribution in [3.8, 4) is 6.07 Å². The highest BCUT2D eigenvalue weighted by molar-refractivity contribution is 5.77. The number of methoxy groups -OCH3 is 1. The number of ether oxygens (including phenoxy) is 1. The van der Waals surface area contributed by atoms with Gasteiger partial charge in [0.2, 0.25) is 5.91 Å². The van der Waals surface area contributed by atoms with Crippen LogP contribution in [-0.2, 0) is 9.53 Å². The first-order chi connectivity index (χ1) is 7.04. The maximum atomic E-state index is 11.8. The highest BCUT2D eigenvalue weighted by atomic mass is 16.5. The molecule has 1 aliphatic carbocycles. The summed E-state index contributed by atoms with van der Waals surface area (Å²) in [4.78, 5) is 13.3. The maximum Gasteiger partial charge on any atom is 0.226 e. The van der Waals surface area contributed by atoms with E-state index in [1.54, 1.807) is 21.1 Å². The van der Waals surface area contributed by atoms with E-state index in [1.165, 1.54) is 4.90 Å². The van der Waals surface area contributed by atoms with Crippen LogP contribution in [0.5, 0.6) is 0 Å². The summed E-state index contributed by atoms with van der Waals surface area (Å²) in [5.41, 5.74) is -0.249. The van der Waals surface area contributed by atoms with E-state index in [4.69, 9.17) is 10.00 Å². The number of hydrogen-bond acceptors (Lipinski definition) is 3. The van der Waals surface area contributed by atoms with Crippen LogP contribution in [0.1, 0.15) is 32.6 Å². The summed E-state index contributed by atoms with van der Waals surface area (Å²) in [5, 5.41) is 8.71. The van der Waals surface area contributed by atoms with E-state index in [0.29, 0.717) is 6.42 Å². The van der Waals surface area contributed by atoms with E-state index >= 15 is 0 Å². The molecule has 0 aromatic carbocycles. The van der Waals surface area contributed by atoms with E-state index in [0.717, 1.165) is 19.3 Å². The second-order valence-electron chi connectivity index (χ2n) is 4.23. The zero-order valence-electron chi connectivity index (χ0n) is 9.62. The molecule has 84 valence electrons. The average molecular weight is 210 g/mol. The number of rotatable bonds is 4. The SMILES string of the molecule is COC1(CC(=O)N(C)C(C)C#N)CCC1. The van der Waals surface area contributed by atoms with E-state index in [-0.39, 0.29) is 17.6 Å². The molecule has 1 unspecified atom stereocenters. The third-order valence-corrected chi connectivity index (χ3v) is 3.33. The fourth-order valence-corrected chi connectivity index (χ4v) is 1.73. The van der Waals surface area contributed by atoms with Crippen LogP contribution in [0.3, 0.4) is 0 Å². The zero-order valence-corrected chi connectivity index (χ0v) is 9.62. The molecule has 1 aliphatic rings. The van der Waals surface area contributed by atoms with Crippen molar-refractivity contribution in [2.75, 3.05) is 14.2 Å². The summed E-state index contributed by atoms with van der Waals surface area (Å²) in [6, 6.07) is 1.68. The lowest BCUT2D eigenvalue weighted by Crippen LogP contribution is -2.45. The number of carbonyl (C=O) groups excluding carboxylic acids is 1. The van der Waals surface area contributed by atoms with Gasteiger partial charge < -0.3 is 9.64 Å². The van der Waals surface area contributed by atoms with Gasteiger partial charge in [0.25, 0.3) is 0 Å². The second-order valence-corrected chi connectivity index (χ2v) is 4.23. The van der Waals surface area contributed by atoms with E-state index in [2.05, 4.69) is 0 Å². The van der Waals surface area contributed by atoms with Gasteiger partial charge in [-0.25, -0.2) is 0 Å². The van der Waals surface area contributed by atoms with E-state index < -0.39 is 0 Å². The summed E-state index contributed by atoms with van der Waals surface area (Å²) in [5.74, 6) is -0.00870. The van der Waals surface area contributed by atoms with Crippen LogP contribution >= 0.6 is 0 Å². The minimum absolute atomic E-state index is 0.00870. The molecule has 1 fully saturated rings. The largest absolute Gasteiger partial charge is 0.378 e. The molecule has 1 saturated carbocycles. The Morgan fingerprint density at radius 2 is 2.27 bits per heavy atom. The Labute approximate surface area is 90.8 Å². The number of nitriles is 1. The van der Waals surface area contributed by atoms with Gasteiger partial charge in [-0.2, -0.15) is 5.26 Å². The normalized spacial score (nSPS) is 19.9. The molecule has 0 bridgehead atoms. The van der Waals surface area contributed by atoms with Crippen molar-refractivity contribution in [1.82, 2.24) is 4.90 Å². The molecule has 1 amide bonds. The first-order valence-electron chi connectivity index (χ1n) is 5.25. The van der Waals surface area contributed by atoms with Crippen LogP contribution in [0.2, 0.25) is 0 Å². The smallest absolute Gasteiger partial charge is 0.226 e. The molecular weight excluding hydrogens is 192 g/mol. The molecule has 0 aromatic rings. The van der Waals surface area contributed by atoms with Crippen molar-refractivity contribution in [1.29, 1.82) is 5.26 Å². The average Bonchev–Trinajstić information content (AvgIpc) is 2.20. The van der Waals surface area contributed by atoms with Gasteiger partial charge in [-0.15, -0.1) is 0 Å². The molecule has 0 N–H and O–H groups in total. The van der Waals surface area contributed by atoms with Crippen LogP contribution in [0, 0.1) is 11.3 Å². The predicted octanol–water partition coefficient (Wildman–Crippen LogP) is 1.32. The van der Waals surface area contributed by atoms with Crippen molar-refractivity contribution in [2.45, 2.75) is 44.2 Å². The molecule has 0 saturated heterocycles. The molecule has 1 atom stereocenters. The monoisotopic (exact) mass is 210 g/mol. The molecule has 0 radical (unpaired) electrons. The minimum Gasteiger partial charge on any atom is -0.378 e. The van der Waals surface area contributed by atoms with Crippen molar-refractivity contribution >= 4 is 5.91 Å². The van der Waals surface area contributed by atoms with Gasteiger partial charge in [-0.05, 0) is 26.2 Å². The van der Waals surface area contributed by atoms with Crippen molar-refractivity contribution in [3.05, 3.63) is 0 Å². The van der Waals surface area contributed by atoms with Crippen LogP contribution in [0.15, 0.2) is 0 Å². The topological polar surface area (TPSA) is 53.3 Å². The van der Waals surface area contributed by atoms with Gasteiger partial charge in [0.15, 0.2) is 0 Å². The summed E-state index contributed by atoms with van der Waals surface area (Å²) >= 11 is 0. The third-order valence-electron chi connectivity index (χ3n) is 3.33. The van der Waals surface area contributed by atoms with Gasteiger partial charge in [0.05, 0.1) is 18.1 Å². The third kappa shape index (κ3) is 2.48. The zero-order chi connectivity index (χ0) is 11.5. The lowest BCUT2D eigenvalue weighted by Gasteiger charge is -2.40. The van der Waals surface area contributed by atoms with E-state index in [9.17, 15) is 4.79 Å². The highest BCUT2D eigenvalue weighted by Crippen LogP contribution is 2.38. The van der Waals surface area contributed by atoms with Crippen LogP contribution < -0.4 is 0 Å². The van der Waals surface area contributed by atoms with Crippen molar-refractivity contribution in [3.63, 3.8) is 0 Å². The van der Waals surface area contributed by atoms with Gasteiger partial charge in [-0.3, -0.25) is 4.79 Å². The van der Waals surface area contributed by atoms with Gasteiger partial charge in [-0.1, -0.05) is 0 Å². The maximum absolute atomic E-state index is 11.8. The molecule has 4 heteroatoms. The summed E-state index contributed by atoms with van der Waals surface area (Å²) < 4.78 is 5.38. The van der Waals surface area contributed by atoms with Crippen molar-refractivity contribution in [2.24, 2.45) is 0 Å². The van der Waals surface area contributed by atoms with E-state index in [1.807, 2.05) is 6.07 Å². The Balaban J connectivity index is 2.52. The number of nitrogens with zero attached hydrogens (tertiary/aromatic N) is 2. The molecule has 0 aromatic heterocycles. The Morgan fingerprint density at radius 3 is 2.60 bits per heavy atom. The molecule has 0 spiro atoms. The first-order valence-corrected chi connectivity index (χ1v) is 5.25. The number of hydrogen-bond donors (Lipinski definition) is 0. The quantitative estimate of drug-likeness (QED) is 0.703. The Morgan fingerprint density at radius 1 is 1.67 bits per heavy atom.